The number of primary sulfonamides is 1. The van der Waals surface area contributed by atoms with Crippen LogP contribution in [0.5, 0.6) is 0 Å². The van der Waals surface area contributed by atoms with Gasteiger partial charge in [-0.15, -0.1) is 0 Å². The van der Waals surface area contributed by atoms with E-state index in [-0.39, 0.29) is 28.2 Å². The summed E-state index contributed by atoms with van der Waals surface area (Å²) in [7, 11) is -4.01. The standard InChI is InChI=1S/C18H19FN2O4S/c1-12(22)14-4-7-16(18(10-14)26(20,23)24)21-8-9-25-17(11-21)13-2-5-15(19)6-3-13/h2-7,10,17H,8-9,11H2,1H3,(H2,20,23,24)/t17-/m0/s1. The van der Waals surface area contributed by atoms with Crippen LogP contribution in [0.3, 0.4) is 0 Å². The van der Waals surface area contributed by atoms with Gasteiger partial charge in [0.2, 0.25) is 10.0 Å². The van der Waals surface area contributed by atoms with Gasteiger partial charge in [0.05, 0.1) is 12.3 Å². The first-order valence-electron chi connectivity index (χ1n) is 8.05. The van der Waals surface area contributed by atoms with Gasteiger partial charge in [-0.05, 0) is 42.8 Å². The van der Waals surface area contributed by atoms with Crippen LogP contribution in [0.15, 0.2) is 47.4 Å². The van der Waals surface area contributed by atoms with Crippen molar-refractivity contribution in [2.75, 3.05) is 24.6 Å². The second-order valence-corrected chi connectivity index (χ2v) is 7.67. The Labute approximate surface area is 151 Å². The van der Waals surface area contributed by atoms with Crippen LogP contribution < -0.4 is 10.0 Å². The predicted octanol–water partition coefficient (Wildman–Crippen LogP) is 2.25. The molecule has 2 N–H and O–H groups in total. The second-order valence-electron chi connectivity index (χ2n) is 6.14. The number of morpholine rings is 1. The molecule has 1 fully saturated rings. The van der Waals surface area contributed by atoms with Crippen molar-refractivity contribution in [2.45, 2.75) is 17.9 Å². The lowest BCUT2D eigenvalue weighted by atomic mass is 10.1. The molecule has 1 atom stereocenters. The summed E-state index contributed by atoms with van der Waals surface area (Å²) in [5.74, 6) is -0.578. The van der Waals surface area contributed by atoms with E-state index in [0.29, 0.717) is 25.4 Å². The maximum atomic E-state index is 13.1. The highest BCUT2D eigenvalue weighted by Gasteiger charge is 2.26. The van der Waals surface area contributed by atoms with Crippen LogP contribution in [0.4, 0.5) is 10.1 Å². The maximum absolute atomic E-state index is 13.1. The number of hydrogen-bond donors (Lipinski definition) is 1. The van der Waals surface area contributed by atoms with E-state index in [4.69, 9.17) is 9.88 Å². The zero-order chi connectivity index (χ0) is 18.9. The van der Waals surface area contributed by atoms with Crippen LogP contribution in [-0.4, -0.2) is 33.9 Å². The number of anilines is 1. The smallest absolute Gasteiger partial charge is 0.240 e. The molecule has 1 aliphatic heterocycles. The monoisotopic (exact) mass is 378 g/mol. The Balaban J connectivity index is 1.95. The third-order valence-corrected chi connectivity index (χ3v) is 5.26. The minimum Gasteiger partial charge on any atom is -0.370 e. The quantitative estimate of drug-likeness (QED) is 0.824. The summed E-state index contributed by atoms with van der Waals surface area (Å²) in [5.41, 5.74) is 1.50. The molecule has 2 aromatic carbocycles. The summed E-state index contributed by atoms with van der Waals surface area (Å²) in [6, 6.07) is 10.5. The topological polar surface area (TPSA) is 89.7 Å². The second kappa shape index (κ2) is 7.14. The van der Waals surface area contributed by atoms with Crippen LogP contribution in [0.1, 0.15) is 28.9 Å². The van der Waals surface area contributed by atoms with Crippen LogP contribution in [0.25, 0.3) is 0 Å². The summed E-state index contributed by atoms with van der Waals surface area (Å²) in [4.78, 5) is 13.3. The molecule has 0 unspecified atom stereocenters. The minimum atomic E-state index is -4.01. The van der Waals surface area contributed by atoms with Gasteiger partial charge in [-0.1, -0.05) is 12.1 Å². The van der Waals surface area contributed by atoms with E-state index in [0.717, 1.165) is 5.56 Å². The van der Waals surface area contributed by atoms with E-state index in [1.807, 2.05) is 4.90 Å². The fraction of sp³-hybridized carbons (Fsp3) is 0.278. The van der Waals surface area contributed by atoms with Gasteiger partial charge < -0.3 is 9.64 Å². The van der Waals surface area contributed by atoms with Crippen LogP contribution in [0, 0.1) is 5.82 Å². The van der Waals surface area contributed by atoms with Crippen molar-refractivity contribution < 1.29 is 22.3 Å². The molecule has 0 saturated carbocycles. The van der Waals surface area contributed by atoms with Crippen molar-refractivity contribution in [3.63, 3.8) is 0 Å². The zero-order valence-corrected chi connectivity index (χ0v) is 15.0. The Hall–Kier alpha value is -2.29. The van der Waals surface area contributed by atoms with E-state index in [2.05, 4.69) is 0 Å². The van der Waals surface area contributed by atoms with Crippen molar-refractivity contribution >= 4 is 21.5 Å². The van der Waals surface area contributed by atoms with Gasteiger partial charge in [0.1, 0.15) is 16.8 Å². The molecule has 138 valence electrons. The molecule has 6 nitrogen and oxygen atoms in total. The number of carbonyl (C=O) groups excluding carboxylic acids is 1. The number of sulfonamides is 1. The predicted molar refractivity (Wildman–Crippen MR) is 95.1 cm³/mol. The molecule has 0 aliphatic carbocycles. The molecule has 8 heteroatoms. The molecular formula is C18H19FN2O4S. The Bertz CT molecular complexity index is 929. The van der Waals surface area contributed by atoms with E-state index < -0.39 is 10.0 Å². The maximum Gasteiger partial charge on any atom is 0.240 e. The van der Waals surface area contributed by atoms with Crippen molar-refractivity contribution in [1.82, 2.24) is 0 Å². The largest absolute Gasteiger partial charge is 0.370 e. The number of rotatable bonds is 4. The summed E-state index contributed by atoms with van der Waals surface area (Å²) in [6.45, 7) is 2.59. The van der Waals surface area contributed by atoms with Gasteiger partial charge in [-0.3, -0.25) is 4.79 Å². The first-order chi connectivity index (χ1) is 12.3. The van der Waals surface area contributed by atoms with E-state index in [9.17, 15) is 17.6 Å². The Morgan fingerprint density at radius 2 is 1.92 bits per heavy atom. The number of nitrogens with two attached hydrogens (primary N) is 1. The lowest BCUT2D eigenvalue weighted by Crippen LogP contribution is -2.39. The highest BCUT2D eigenvalue weighted by atomic mass is 32.2. The molecule has 0 spiro atoms. The number of ketones is 1. The van der Waals surface area contributed by atoms with Crippen molar-refractivity contribution in [1.29, 1.82) is 0 Å². The van der Waals surface area contributed by atoms with Gasteiger partial charge in [0.15, 0.2) is 5.78 Å². The molecule has 3 rings (SSSR count). The minimum absolute atomic E-state index is 0.0926. The van der Waals surface area contributed by atoms with Gasteiger partial charge in [0.25, 0.3) is 0 Å². The Morgan fingerprint density at radius 3 is 2.54 bits per heavy atom. The van der Waals surface area contributed by atoms with Crippen molar-refractivity contribution in [3.05, 3.63) is 59.4 Å². The fourth-order valence-electron chi connectivity index (χ4n) is 2.97. The van der Waals surface area contributed by atoms with Crippen molar-refractivity contribution in [3.8, 4) is 0 Å². The lowest BCUT2D eigenvalue weighted by molar-refractivity contribution is 0.0396. The average Bonchev–Trinajstić information content (AvgIpc) is 2.61. The molecule has 1 aliphatic rings. The molecule has 0 radical (unpaired) electrons. The highest BCUT2D eigenvalue weighted by Crippen LogP contribution is 2.31. The highest BCUT2D eigenvalue weighted by molar-refractivity contribution is 7.89. The summed E-state index contributed by atoms with van der Waals surface area (Å²) in [6.07, 6.45) is -0.329. The van der Waals surface area contributed by atoms with Crippen LogP contribution in [-0.2, 0) is 14.8 Å². The molecule has 0 bridgehead atoms. The number of carbonyl (C=O) groups is 1. The molecule has 0 aromatic heterocycles. The summed E-state index contributed by atoms with van der Waals surface area (Å²) < 4.78 is 42.9. The van der Waals surface area contributed by atoms with E-state index >= 15 is 0 Å². The number of ether oxygens (including phenoxy) is 1. The zero-order valence-electron chi connectivity index (χ0n) is 14.2. The number of Topliss-reactive ketones (excluding diaryl/α,β-unsaturated/α-hetero) is 1. The fourth-order valence-corrected chi connectivity index (χ4v) is 3.75. The Kier molecular flexibility index (Phi) is 5.08. The number of benzene rings is 2. The van der Waals surface area contributed by atoms with E-state index in [1.54, 1.807) is 24.3 Å². The van der Waals surface area contributed by atoms with Crippen LogP contribution in [0.2, 0.25) is 0 Å². The molecule has 26 heavy (non-hydrogen) atoms. The van der Waals surface area contributed by atoms with Crippen molar-refractivity contribution in [2.24, 2.45) is 5.14 Å². The summed E-state index contributed by atoms with van der Waals surface area (Å²) >= 11 is 0. The molecule has 1 saturated heterocycles. The van der Waals surface area contributed by atoms with Gasteiger partial charge >= 0.3 is 0 Å². The Morgan fingerprint density at radius 1 is 1.23 bits per heavy atom. The van der Waals surface area contributed by atoms with Gasteiger partial charge in [-0.2, -0.15) is 0 Å². The SMILES string of the molecule is CC(=O)c1ccc(N2CCO[C@H](c3ccc(F)cc3)C2)c(S(N)(=O)=O)c1. The molecule has 2 aromatic rings. The molecule has 1 heterocycles. The van der Waals surface area contributed by atoms with Crippen LogP contribution >= 0.6 is 0 Å². The first-order valence-corrected chi connectivity index (χ1v) is 9.60. The third-order valence-electron chi connectivity index (χ3n) is 4.32. The number of hydrogen-bond acceptors (Lipinski definition) is 5. The number of nitrogens with zero attached hydrogens (tertiary/aromatic N) is 1. The third kappa shape index (κ3) is 3.92. The average molecular weight is 378 g/mol. The van der Waals surface area contributed by atoms with E-state index in [1.165, 1.54) is 25.1 Å². The van der Waals surface area contributed by atoms with Gasteiger partial charge in [0, 0.05) is 18.7 Å². The molecule has 0 amide bonds. The lowest BCUT2D eigenvalue weighted by Gasteiger charge is -2.35. The normalized spacial score (nSPS) is 18.0. The summed E-state index contributed by atoms with van der Waals surface area (Å²) in [5, 5.41) is 5.36. The number of halogens is 1. The molecular weight excluding hydrogens is 359 g/mol. The van der Waals surface area contributed by atoms with Gasteiger partial charge in [-0.25, -0.2) is 17.9 Å². The first kappa shape index (κ1) is 18.5.